The molecular formula is C18H21Cl2NO3. The summed E-state index contributed by atoms with van der Waals surface area (Å²) in [5.41, 5.74) is 2.58. The van der Waals surface area contributed by atoms with E-state index in [1.807, 2.05) is 19.9 Å². The van der Waals surface area contributed by atoms with Gasteiger partial charge in [0.2, 0.25) is 5.78 Å². The number of methoxy groups -OCH3 is 1. The maximum Gasteiger partial charge on any atom is 0.202 e. The number of halogens is 2. The standard InChI is InChI=1S/C18H21Cl2NO3/c1-11-7-15(13(3)21(11)12(2)9-23-4)17(22)10-24-18-6-5-14(19)8-16(18)20/h5-8,12H,9-10H2,1-4H3. The smallest absolute Gasteiger partial charge is 0.202 e. The summed E-state index contributed by atoms with van der Waals surface area (Å²) in [6.45, 7) is 6.47. The van der Waals surface area contributed by atoms with Crippen molar-refractivity contribution < 1.29 is 14.3 Å². The highest BCUT2D eigenvalue weighted by Crippen LogP contribution is 2.28. The molecule has 0 bridgehead atoms. The van der Waals surface area contributed by atoms with Crippen molar-refractivity contribution in [2.45, 2.75) is 26.8 Å². The van der Waals surface area contributed by atoms with Gasteiger partial charge in [0.15, 0.2) is 6.61 Å². The highest BCUT2D eigenvalue weighted by Gasteiger charge is 2.19. The van der Waals surface area contributed by atoms with Crippen LogP contribution in [0.5, 0.6) is 5.75 Å². The molecule has 2 aromatic rings. The molecule has 0 aliphatic rings. The predicted molar refractivity (Wildman–Crippen MR) is 96.8 cm³/mol. The van der Waals surface area contributed by atoms with E-state index in [0.29, 0.717) is 28.0 Å². The summed E-state index contributed by atoms with van der Waals surface area (Å²) in [6, 6.07) is 6.95. The molecule has 0 spiro atoms. The van der Waals surface area contributed by atoms with Gasteiger partial charge in [0.05, 0.1) is 17.7 Å². The van der Waals surface area contributed by atoms with Crippen molar-refractivity contribution in [1.29, 1.82) is 0 Å². The number of carbonyl (C=O) groups is 1. The Morgan fingerprint density at radius 1 is 1.25 bits per heavy atom. The quantitative estimate of drug-likeness (QED) is 0.652. The second-order valence-electron chi connectivity index (χ2n) is 5.75. The third-order valence-corrected chi connectivity index (χ3v) is 4.42. The minimum Gasteiger partial charge on any atom is -0.484 e. The maximum absolute atomic E-state index is 12.5. The lowest BCUT2D eigenvalue weighted by molar-refractivity contribution is 0.0920. The first-order valence-corrected chi connectivity index (χ1v) is 8.39. The number of hydrogen-bond donors (Lipinski definition) is 0. The Hall–Kier alpha value is -1.49. The molecule has 4 nitrogen and oxygen atoms in total. The van der Waals surface area contributed by atoms with Crippen molar-refractivity contribution >= 4 is 29.0 Å². The van der Waals surface area contributed by atoms with Crippen LogP contribution >= 0.6 is 23.2 Å². The van der Waals surface area contributed by atoms with Crippen LogP contribution in [0.25, 0.3) is 0 Å². The second kappa shape index (κ2) is 8.06. The van der Waals surface area contributed by atoms with Gasteiger partial charge >= 0.3 is 0 Å². The molecule has 0 aliphatic heterocycles. The van der Waals surface area contributed by atoms with Gasteiger partial charge in [-0.2, -0.15) is 0 Å². The van der Waals surface area contributed by atoms with Crippen LogP contribution in [0.4, 0.5) is 0 Å². The molecule has 0 radical (unpaired) electrons. The Bertz CT molecular complexity index is 740. The summed E-state index contributed by atoms with van der Waals surface area (Å²) in [7, 11) is 1.67. The third-order valence-electron chi connectivity index (χ3n) is 3.89. The number of hydrogen-bond acceptors (Lipinski definition) is 3. The fourth-order valence-corrected chi connectivity index (χ4v) is 3.33. The molecule has 1 aromatic carbocycles. The van der Waals surface area contributed by atoms with E-state index in [2.05, 4.69) is 11.5 Å². The minimum atomic E-state index is -0.0926. The topological polar surface area (TPSA) is 40.5 Å². The number of Topliss-reactive ketones (excluding diaryl/α,β-unsaturated/α-hetero) is 1. The molecule has 0 saturated heterocycles. The van der Waals surface area contributed by atoms with Crippen molar-refractivity contribution in [3.8, 4) is 5.75 Å². The molecule has 0 saturated carbocycles. The number of aromatic nitrogens is 1. The van der Waals surface area contributed by atoms with E-state index in [9.17, 15) is 4.79 Å². The lowest BCUT2D eigenvalue weighted by Crippen LogP contribution is -2.16. The fourth-order valence-electron chi connectivity index (χ4n) is 2.87. The van der Waals surface area contributed by atoms with Gasteiger partial charge in [0, 0.05) is 29.1 Å². The Balaban J connectivity index is 2.14. The fraction of sp³-hybridized carbons (Fsp3) is 0.389. The van der Waals surface area contributed by atoms with Gasteiger partial charge in [-0.1, -0.05) is 23.2 Å². The number of ether oxygens (including phenoxy) is 2. The summed E-state index contributed by atoms with van der Waals surface area (Å²) >= 11 is 11.9. The summed E-state index contributed by atoms with van der Waals surface area (Å²) in [5.74, 6) is 0.348. The number of carbonyl (C=O) groups excluding carboxylic acids is 1. The van der Waals surface area contributed by atoms with Gasteiger partial charge in [0.1, 0.15) is 5.75 Å². The van der Waals surface area contributed by atoms with Crippen molar-refractivity contribution in [3.63, 3.8) is 0 Å². The van der Waals surface area contributed by atoms with Crippen LogP contribution in [0, 0.1) is 13.8 Å². The summed E-state index contributed by atoms with van der Waals surface area (Å²) < 4.78 is 12.9. The second-order valence-corrected chi connectivity index (χ2v) is 6.59. The number of aryl methyl sites for hydroxylation is 1. The molecule has 6 heteroatoms. The molecule has 0 aliphatic carbocycles. The molecule has 1 atom stereocenters. The third kappa shape index (κ3) is 4.12. The lowest BCUT2D eigenvalue weighted by Gasteiger charge is -2.17. The van der Waals surface area contributed by atoms with Gasteiger partial charge in [-0.3, -0.25) is 4.79 Å². The van der Waals surface area contributed by atoms with Crippen LogP contribution in [0.1, 0.15) is 34.7 Å². The van der Waals surface area contributed by atoms with E-state index < -0.39 is 0 Å². The summed E-state index contributed by atoms with van der Waals surface area (Å²) in [4.78, 5) is 12.5. The molecule has 1 unspecified atom stereocenters. The Morgan fingerprint density at radius 3 is 2.58 bits per heavy atom. The van der Waals surface area contributed by atoms with Gasteiger partial charge < -0.3 is 14.0 Å². The first-order chi connectivity index (χ1) is 11.3. The van der Waals surface area contributed by atoms with E-state index in [4.69, 9.17) is 32.7 Å². The van der Waals surface area contributed by atoms with Gasteiger partial charge in [-0.15, -0.1) is 0 Å². The number of rotatable bonds is 7. The Labute approximate surface area is 152 Å². The van der Waals surface area contributed by atoms with Crippen LogP contribution in [0.3, 0.4) is 0 Å². The van der Waals surface area contributed by atoms with Crippen LogP contribution in [-0.2, 0) is 4.74 Å². The molecule has 2 rings (SSSR count). The SMILES string of the molecule is COCC(C)n1c(C)cc(C(=O)COc2ccc(Cl)cc2Cl)c1C. The van der Waals surface area contributed by atoms with Gasteiger partial charge in [0.25, 0.3) is 0 Å². The average Bonchev–Trinajstić information content (AvgIpc) is 2.81. The zero-order valence-corrected chi connectivity index (χ0v) is 15.7. The summed E-state index contributed by atoms with van der Waals surface area (Å²) in [5, 5.41) is 0.906. The minimum absolute atomic E-state index is 0.0791. The first-order valence-electron chi connectivity index (χ1n) is 7.63. The first kappa shape index (κ1) is 18.8. The molecule has 24 heavy (non-hydrogen) atoms. The van der Waals surface area contributed by atoms with Crippen LogP contribution in [-0.4, -0.2) is 30.7 Å². The molecule has 0 amide bonds. The van der Waals surface area contributed by atoms with Crippen LogP contribution in [0.15, 0.2) is 24.3 Å². The van der Waals surface area contributed by atoms with Crippen molar-refractivity contribution in [2.75, 3.05) is 20.3 Å². The average molecular weight is 370 g/mol. The Kier molecular flexibility index (Phi) is 6.33. The Morgan fingerprint density at radius 2 is 1.96 bits per heavy atom. The van der Waals surface area contributed by atoms with E-state index in [0.717, 1.165) is 11.4 Å². The van der Waals surface area contributed by atoms with E-state index in [-0.39, 0.29) is 18.4 Å². The normalized spacial score (nSPS) is 12.2. The van der Waals surface area contributed by atoms with E-state index in [1.165, 1.54) is 0 Å². The monoisotopic (exact) mass is 369 g/mol. The number of benzene rings is 1. The van der Waals surface area contributed by atoms with Crippen molar-refractivity contribution in [1.82, 2.24) is 4.57 Å². The largest absolute Gasteiger partial charge is 0.484 e. The van der Waals surface area contributed by atoms with E-state index in [1.54, 1.807) is 25.3 Å². The predicted octanol–water partition coefficient (Wildman–Crippen LogP) is 4.88. The lowest BCUT2D eigenvalue weighted by atomic mass is 10.1. The molecular weight excluding hydrogens is 349 g/mol. The number of nitrogens with zero attached hydrogens (tertiary/aromatic N) is 1. The molecule has 1 aromatic heterocycles. The van der Waals surface area contributed by atoms with Gasteiger partial charge in [-0.25, -0.2) is 0 Å². The number of ketones is 1. The van der Waals surface area contributed by atoms with Crippen LogP contribution < -0.4 is 4.74 Å². The highest BCUT2D eigenvalue weighted by molar-refractivity contribution is 6.35. The van der Waals surface area contributed by atoms with E-state index >= 15 is 0 Å². The maximum atomic E-state index is 12.5. The summed E-state index contributed by atoms with van der Waals surface area (Å²) in [6.07, 6.45) is 0. The molecule has 0 fully saturated rings. The molecule has 1 heterocycles. The van der Waals surface area contributed by atoms with Gasteiger partial charge in [-0.05, 0) is 45.0 Å². The zero-order valence-electron chi connectivity index (χ0n) is 14.2. The molecule has 130 valence electrons. The molecule has 0 N–H and O–H groups in total. The highest BCUT2D eigenvalue weighted by atomic mass is 35.5. The zero-order chi connectivity index (χ0) is 17.9. The van der Waals surface area contributed by atoms with Crippen molar-refractivity contribution in [3.05, 3.63) is 51.3 Å². The van der Waals surface area contributed by atoms with Crippen molar-refractivity contribution in [2.24, 2.45) is 0 Å². The van der Waals surface area contributed by atoms with Crippen LogP contribution in [0.2, 0.25) is 10.0 Å².